The Labute approximate surface area is 137 Å². The van der Waals surface area contributed by atoms with E-state index >= 15 is 0 Å². The lowest BCUT2D eigenvalue weighted by Crippen LogP contribution is -2.57. The molecule has 0 unspecified atom stereocenters. The Kier molecular flexibility index (Phi) is 4.20. The Bertz CT molecular complexity index is 747. The van der Waals surface area contributed by atoms with Gasteiger partial charge in [0.1, 0.15) is 11.5 Å². The van der Waals surface area contributed by atoms with Crippen LogP contribution in [0.5, 0.6) is 0 Å². The van der Waals surface area contributed by atoms with Gasteiger partial charge < -0.3 is 15.4 Å². The maximum atomic E-state index is 14.2. The van der Waals surface area contributed by atoms with Crippen LogP contribution < -0.4 is 10.6 Å². The van der Waals surface area contributed by atoms with Crippen molar-refractivity contribution >= 4 is 17.9 Å². The summed E-state index contributed by atoms with van der Waals surface area (Å²) in [7, 11) is 0. The Morgan fingerprint density at radius 3 is 2.83 bits per heavy atom. The van der Waals surface area contributed by atoms with Crippen LogP contribution in [0.1, 0.15) is 18.5 Å². The molecule has 8 heteroatoms. The Hall–Kier alpha value is -2.90. The smallest absolute Gasteiger partial charge is 0.338 e. The van der Waals surface area contributed by atoms with Crippen LogP contribution in [0.25, 0.3) is 0 Å². The minimum atomic E-state index is -1.09. The summed E-state index contributed by atoms with van der Waals surface area (Å²) in [6.07, 6.45) is 0. The van der Waals surface area contributed by atoms with Crippen molar-refractivity contribution in [1.29, 1.82) is 0 Å². The fourth-order valence-electron chi connectivity index (χ4n) is 2.85. The van der Waals surface area contributed by atoms with Crippen molar-refractivity contribution < 1.29 is 23.5 Å². The van der Waals surface area contributed by atoms with Crippen molar-refractivity contribution in [3.8, 4) is 0 Å². The second kappa shape index (κ2) is 6.31. The molecule has 1 aromatic rings. The largest absolute Gasteiger partial charge is 0.463 e. The van der Waals surface area contributed by atoms with Crippen LogP contribution >= 0.6 is 0 Å². The normalized spacial score (nSPS) is 20.2. The fraction of sp³-hybridized carbons (Fsp3) is 0.312. The molecule has 126 valence electrons. The number of hydrogen-bond donors (Lipinski definition) is 2. The number of amides is 3. The number of halogens is 1. The summed E-state index contributed by atoms with van der Waals surface area (Å²) in [5, 5.41) is 5.19. The Morgan fingerprint density at radius 1 is 1.38 bits per heavy atom. The minimum Gasteiger partial charge on any atom is -0.463 e. The molecular formula is C16H16FN3O4. The lowest BCUT2D eigenvalue weighted by molar-refractivity contribution is -0.139. The number of ether oxygens (including phenoxy) is 1. The van der Waals surface area contributed by atoms with E-state index in [4.69, 9.17) is 4.74 Å². The summed E-state index contributed by atoms with van der Waals surface area (Å²) in [6, 6.07) is 4.12. The summed E-state index contributed by atoms with van der Waals surface area (Å²) in [5.41, 5.74) is -0.0603. The first-order chi connectivity index (χ1) is 11.5. The van der Waals surface area contributed by atoms with E-state index in [9.17, 15) is 18.8 Å². The van der Waals surface area contributed by atoms with Crippen LogP contribution in [0, 0.1) is 5.82 Å². The zero-order valence-corrected chi connectivity index (χ0v) is 13.0. The molecule has 0 saturated carbocycles. The third-order valence-electron chi connectivity index (χ3n) is 3.87. The third-order valence-corrected chi connectivity index (χ3v) is 3.87. The number of rotatable bonds is 3. The number of nitrogens with one attached hydrogen (secondary N) is 2. The van der Waals surface area contributed by atoms with Gasteiger partial charge in [-0.05, 0) is 13.0 Å². The van der Waals surface area contributed by atoms with E-state index in [1.807, 2.05) is 0 Å². The highest BCUT2D eigenvalue weighted by Gasteiger charge is 2.43. The molecule has 2 aliphatic rings. The standard InChI is InChI=1S/C16H16FN3O4/c1-2-24-15(22)11-12(9-5-3-4-6-10(9)17)19-16(23)20-8-7-18-14(21)13(11)20/h3-6,12H,2,7-8H2,1H3,(H,18,21)(H,19,23)/t12-/m1/s1. The number of benzene rings is 1. The lowest BCUT2D eigenvalue weighted by Gasteiger charge is -2.38. The molecule has 0 aromatic heterocycles. The van der Waals surface area contributed by atoms with Crippen LogP contribution in [0.3, 0.4) is 0 Å². The molecule has 0 bridgehead atoms. The van der Waals surface area contributed by atoms with Crippen LogP contribution in [-0.4, -0.2) is 42.5 Å². The molecular weight excluding hydrogens is 317 g/mol. The lowest BCUT2D eigenvalue weighted by atomic mass is 9.93. The predicted molar refractivity (Wildman–Crippen MR) is 81.0 cm³/mol. The van der Waals surface area contributed by atoms with Gasteiger partial charge in [0.25, 0.3) is 5.91 Å². The van der Waals surface area contributed by atoms with Gasteiger partial charge in [-0.25, -0.2) is 14.0 Å². The van der Waals surface area contributed by atoms with Gasteiger partial charge in [0.2, 0.25) is 0 Å². The molecule has 0 radical (unpaired) electrons. The molecule has 0 aliphatic carbocycles. The molecule has 1 saturated heterocycles. The van der Waals surface area contributed by atoms with E-state index < -0.39 is 29.8 Å². The average Bonchev–Trinajstić information content (AvgIpc) is 2.56. The Balaban J connectivity index is 2.19. The zero-order chi connectivity index (χ0) is 17.3. The van der Waals surface area contributed by atoms with Crippen LogP contribution in [0.4, 0.5) is 9.18 Å². The molecule has 1 atom stereocenters. The van der Waals surface area contributed by atoms with E-state index in [1.165, 1.54) is 23.1 Å². The fourth-order valence-corrected chi connectivity index (χ4v) is 2.85. The van der Waals surface area contributed by atoms with Crippen LogP contribution in [0.15, 0.2) is 35.5 Å². The Morgan fingerprint density at radius 2 is 2.12 bits per heavy atom. The third kappa shape index (κ3) is 2.60. The predicted octanol–water partition coefficient (Wildman–Crippen LogP) is 0.839. The number of nitrogens with zero attached hydrogens (tertiary/aromatic N) is 1. The average molecular weight is 333 g/mol. The topological polar surface area (TPSA) is 87.7 Å². The van der Waals surface area contributed by atoms with Crippen LogP contribution in [0.2, 0.25) is 0 Å². The molecule has 2 N–H and O–H groups in total. The molecule has 3 amide bonds. The van der Waals surface area contributed by atoms with Gasteiger partial charge in [-0.15, -0.1) is 0 Å². The van der Waals surface area contributed by atoms with Crippen molar-refractivity contribution in [3.63, 3.8) is 0 Å². The van der Waals surface area contributed by atoms with Gasteiger partial charge in [-0.1, -0.05) is 18.2 Å². The molecule has 0 spiro atoms. The van der Waals surface area contributed by atoms with Crippen molar-refractivity contribution in [2.45, 2.75) is 13.0 Å². The number of carbonyl (C=O) groups is 3. The number of piperazine rings is 1. The summed E-state index contributed by atoms with van der Waals surface area (Å²) in [6.45, 7) is 2.21. The van der Waals surface area contributed by atoms with Gasteiger partial charge in [0.15, 0.2) is 0 Å². The SMILES string of the molecule is CCOC(=O)C1=C2C(=O)NCCN2C(=O)N[C@@H]1c1ccccc1F. The first-order valence-electron chi connectivity index (χ1n) is 7.56. The highest BCUT2D eigenvalue weighted by Crippen LogP contribution is 2.33. The second-order valence-corrected chi connectivity index (χ2v) is 5.29. The highest BCUT2D eigenvalue weighted by molar-refractivity contribution is 6.08. The summed E-state index contributed by atoms with van der Waals surface area (Å²) in [5.74, 6) is -1.90. The van der Waals surface area contributed by atoms with Crippen molar-refractivity contribution in [3.05, 3.63) is 46.9 Å². The van der Waals surface area contributed by atoms with Gasteiger partial charge in [0, 0.05) is 18.7 Å². The van der Waals surface area contributed by atoms with Gasteiger partial charge in [-0.2, -0.15) is 0 Å². The minimum absolute atomic E-state index is 0.0706. The molecule has 3 rings (SSSR count). The van der Waals surface area contributed by atoms with E-state index in [-0.39, 0.29) is 36.5 Å². The number of urea groups is 1. The molecule has 7 nitrogen and oxygen atoms in total. The first-order valence-corrected chi connectivity index (χ1v) is 7.56. The number of hydrogen-bond acceptors (Lipinski definition) is 4. The molecule has 2 heterocycles. The maximum absolute atomic E-state index is 14.2. The van der Waals surface area contributed by atoms with Crippen molar-refractivity contribution in [1.82, 2.24) is 15.5 Å². The second-order valence-electron chi connectivity index (χ2n) is 5.29. The monoisotopic (exact) mass is 333 g/mol. The van der Waals surface area contributed by atoms with Gasteiger partial charge >= 0.3 is 12.0 Å². The number of fused-ring (bicyclic) bond motifs is 1. The van der Waals surface area contributed by atoms with Gasteiger partial charge in [0.05, 0.1) is 18.2 Å². The first kappa shape index (κ1) is 16.0. The molecule has 1 aromatic carbocycles. The van der Waals surface area contributed by atoms with E-state index in [1.54, 1.807) is 13.0 Å². The maximum Gasteiger partial charge on any atom is 0.338 e. The van der Waals surface area contributed by atoms with Crippen molar-refractivity contribution in [2.75, 3.05) is 19.7 Å². The van der Waals surface area contributed by atoms with Crippen molar-refractivity contribution in [2.24, 2.45) is 0 Å². The summed E-state index contributed by atoms with van der Waals surface area (Å²) >= 11 is 0. The van der Waals surface area contributed by atoms with Crippen LogP contribution in [-0.2, 0) is 14.3 Å². The zero-order valence-electron chi connectivity index (χ0n) is 13.0. The molecule has 1 fully saturated rings. The van der Waals surface area contributed by atoms with E-state index in [0.717, 1.165) is 0 Å². The number of esters is 1. The summed E-state index contributed by atoms with van der Waals surface area (Å²) in [4.78, 5) is 38.2. The van der Waals surface area contributed by atoms with E-state index in [0.29, 0.717) is 0 Å². The number of carbonyl (C=O) groups excluding carboxylic acids is 3. The van der Waals surface area contributed by atoms with E-state index in [2.05, 4.69) is 10.6 Å². The van der Waals surface area contributed by atoms with Gasteiger partial charge in [-0.3, -0.25) is 9.69 Å². The quantitative estimate of drug-likeness (QED) is 0.803. The molecule has 24 heavy (non-hydrogen) atoms. The molecule has 2 aliphatic heterocycles. The summed E-state index contributed by atoms with van der Waals surface area (Å²) < 4.78 is 19.2. The highest BCUT2D eigenvalue weighted by atomic mass is 19.1.